The third-order valence-corrected chi connectivity index (χ3v) is 3.92. The van der Waals surface area contributed by atoms with E-state index in [1.807, 2.05) is 0 Å². The van der Waals surface area contributed by atoms with Gasteiger partial charge in [-0.3, -0.25) is 14.9 Å². The number of carbonyl (C=O) groups is 1. The van der Waals surface area contributed by atoms with Crippen LogP contribution in [0.1, 0.15) is 48.7 Å². The monoisotopic (exact) mass is 318 g/mol. The van der Waals surface area contributed by atoms with Gasteiger partial charge in [-0.1, -0.05) is 19.3 Å². The molecule has 122 valence electrons. The van der Waals surface area contributed by atoms with E-state index < -0.39 is 11.3 Å². The maximum atomic E-state index is 12.1. The van der Waals surface area contributed by atoms with Gasteiger partial charge in [0.05, 0.1) is 13.2 Å². The lowest BCUT2D eigenvalue weighted by Gasteiger charge is -2.20. The Bertz CT molecular complexity index is 746. The average Bonchev–Trinajstić information content (AvgIpc) is 3.04. The topological polar surface area (TPSA) is 99.2 Å². The lowest BCUT2D eigenvalue weighted by Crippen LogP contribution is -2.17. The van der Waals surface area contributed by atoms with E-state index in [9.17, 15) is 9.59 Å². The summed E-state index contributed by atoms with van der Waals surface area (Å²) in [7, 11) is 1.35. The molecular weight excluding hydrogens is 300 g/mol. The number of nitrogens with one attached hydrogen (secondary N) is 1. The largest absolute Gasteiger partial charge is 0.490 e. The summed E-state index contributed by atoms with van der Waals surface area (Å²) < 4.78 is 11.7. The molecule has 0 spiro atoms. The van der Waals surface area contributed by atoms with Crippen LogP contribution in [-0.4, -0.2) is 27.8 Å². The molecule has 0 unspecified atom stereocenters. The molecule has 1 aliphatic carbocycles. The predicted octanol–water partition coefficient (Wildman–Crippen LogP) is 2.00. The SMILES string of the molecule is COc1coc(C(=O)Nc2ncn(C3CCCCC3)n2)cc1=O. The second-order valence-electron chi connectivity index (χ2n) is 5.47. The van der Waals surface area contributed by atoms with Gasteiger partial charge >= 0.3 is 0 Å². The van der Waals surface area contributed by atoms with Crippen LogP contribution in [-0.2, 0) is 0 Å². The molecule has 2 aromatic heterocycles. The summed E-state index contributed by atoms with van der Waals surface area (Å²) in [6.07, 6.45) is 8.49. The van der Waals surface area contributed by atoms with Crippen LogP contribution in [0.5, 0.6) is 5.75 Å². The normalized spacial score (nSPS) is 15.3. The Hall–Kier alpha value is -2.64. The molecule has 0 radical (unpaired) electrons. The maximum Gasteiger partial charge on any atom is 0.293 e. The molecule has 2 heterocycles. The van der Waals surface area contributed by atoms with Crippen LogP contribution < -0.4 is 15.5 Å². The lowest BCUT2D eigenvalue weighted by molar-refractivity contribution is 0.0992. The Kier molecular flexibility index (Phi) is 4.40. The highest BCUT2D eigenvalue weighted by molar-refractivity contribution is 6.01. The zero-order chi connectivity index (χ0) is 16.2. The molecule has 8 nitrogen and oxygen atoms in total. The predicted molar refractivity (Wildman–Crippen MR) is 81.6 cm³/mol. The smallest absolute Gasteiger partial charge is 0.293 e. The van der Waals surface area contributed by atoms with Crippen LogP contribution >= 0.6 is 0 Å². The minimum absolute atomic E-state index is 0.0428. The van der Waals surface area contributed by atoms with Crippen molar-refractivity contribution in [2.24, 2.45) is 0 Å². The summed E-state index contributed by atoms with van der Waals surface area (Å²) in [4.78, 5) is 27.8. The molecule has 2 aromatic rings. The van der Waals surface area contributed by atoms with Gasteiger partial charge in [0.1, 0.15) is 12.6 Å². The van der Waals surface area contributed by atoms with Crippen LogP contribution in [0.25, 0.3) is 0 Å². The minimum atomic E-state index is -0.578. The second-order valence-corrected chi connectivity index (χ2v) is 5.47. The summed E-state index contributed by atoms with van der Waals surface area (Å²) >= 11 is 0. The number of hydrogen-bond acceptors (Lipinski definition) is 6. The molecule has 1 fully saturated rings. The summed E-state index contributed by atoms with van der Waals surface area (Å²) in [5, 5.41) is 6.81. The quantitative estimate of drug-likeness (QED) is 0.925. The van der Waals surface area contributed by atoms with Gasteiger partial charge in [0.15, 0.2) is 5.76 Å². The molecular formula is C15H18N4O4. The van der Waals surface area contributed by atoms with Gasteiger partial charge < -0.3 is 9.15 Å². The van der Waals surface area contributed by atoms with Crippen LogP contribution in [0.15, 0.2) is 27.9 Å². The Morgan fingerprint density at radius 1 is 1.39 bits per heavy atom. The highest BCUT2D eigenvalue weighted by Gasteiger charge is 2.18. The van der Waals surface area contributed by atoms with Crippen molar-refractivity contribution >= 4 is 11.9 Å². The molecule has 0 aliphatic heterocycles. The van der Waals surface area contributed by atoms with Crippen LogP contribution in [0.2, 0.25) is 0 Å². The molecule has 1 saturated carbocycles. The van der Waals surface area contributed by atoms with Gasteiger partial charge in [-0.15, -0.1) is 5.10 Å². The van der Waals surface area contributed by atoms with Gasteiger partial charge in [-0.05, 0) is 12.8 Å². The van der Waals surface area contributed by atoms with Crippen molar-refractivity contribution in [1.29, 1.82) is 0 Å². The van der Waals surface area contributed by atoms with Crippen molar-refractivity contribution in [1.82, 2.24) is 14.8 Å². The molecule has 1 N–H and O–H groups in total. The first-order valence-corrected chi connectivity index (χ1v) is 7.56. The van der Waals surface area contributed by atoms with E-state index in [-0.39, 0.29) is 17.5 Å². The third kappa shape index (κ3) is 3.41. The maximum absolute atomic E-state index is 12.1. The fourth-order valence-electron chi connectivity index (χ4n) is 2.68. The molecule has 0 atom stereocenters. The second kappa shape index (κ2) is 6.64. The van der Waals surface area contributed by atoms with Crippen LogP contribution in [0, 0.1) is 0 Å². The molecule has 1 amide bonds. The number of ether oxygens (including phenoxy) is 1. The van der Waals surface area contributed by atoms with E-state index in [0.717, 1.165) is 25.2 Å². The fourth-order valence-corrected chi connectivity index (χ4v) is 2.68. The standard InChI is InChI=1S/C15H18N4O4/c1-22-13-8-23-12(7-11(13)20)14(21)17-15-16-9-19(18-15)10-5-3-2-4-6-10/h7-10H,2-6H2,1H3,(H,17,18,21). The van der Waals surface area contributed by atoms with Crippen molar-refractivity contribution in [3.63, 3.8) is 0 Å². The Morgan fingerprint density at radius 3 is 2.87 bits per heavy atom. The van der Waals surface area contributed by atoms with Gasteiger partial charge in [0, 0.05) is 6.07 Å². The first-order chi connectivity index (χ1) is 11.2. The number of methoxy groups -OCH3 is 1. The van der Waals surface area contributed by atoms with Crippen LogP contribution in [0.4, 0.5) is 5.95 Å². The number of rotatable bonds is 4. The summed E-state index contributed by atoms with van der Waals surface area (Å²) in [5.41, 5.74) is -0.426. The summed E-state index contributed by atoms with van der Waals surface area (Å²) in [6.45, 7) is 0. The van der Waals surface area contributed by atoms with Gasteiger partial charge in [0.25, 0.3) is 5.91 Å². The average molecular weight is 318 g/mol. The first-order valence-electron chi connectivity index (χ1n) is 7.56. The number of amides is 1. The number of aromatic nitrogens is 3. The summed E-state index contributed by atoms with van der Waals surface area (Å²) in [6, 6.07) is 1.41. The summed E-state index contributed by atoms with van der Waals surface area (Å²) in [5.74, 6) is -0.462. The zero-order valence-corrected chi connectivity index (χ0v) is 12.8. The third-order valence-electron chi connectivity index (χ3n) is 3.92. The Morgan fingerprint density at radius 2 is 2.17 bits per heavy atom. The van der Waals surface area contributed by atoms with Gasteiger partial charge in [0.2, 0.25) is 17.1 Å². The van der Waals surface area contributed by atoms with Crippen LogP contribution in [0.3, 0.4) is 0 Å². The lowest BCUT2D eigenvalue weighted by atomic mass is 9.96. The van der Waals surface area contributed by atoms with Gasteiger partial charge in [-0.2, -0.15) is 0 Å². The molecule has 3 rings (SSSR count). The Labute approximate surface area is 132 Å². The molecule has 0 saturated heterocycles. The van der Waals surface area contributed by atoms with E-state index in [1.165, 1.54) is 26.4 Å². The van der Waals surface area contributed by atoms with Crippen molar-refractivity contribution in [3.8, 4) is 5.75 Å². The molecule has 1 aliphatic rings. The van der Waals surface area contributed by atoms with Crippen molar-refractivity contribution < 1.29 is 13.9 Å². The van der Waals surface area contributed by atoms with Gasteiger partial charge in [-0.25, -0.2) is 9.67 Å². The van der Waals surface area contributed by atoms with Crippen molar-refractivity contribution in [3.05, 3.63) is 34.6 Å². The molecule has 23 heavy (non-hydrogen) atoms. The van der Waals surface area contributed by atoms with Crippen molar-refractivity contribution in [2.45, 2.75) is 38.1 Å². The molecule has 0 aromatic carbocycles. The number of nitrogens with zero attached hydrogens (tertiary/aromatic N) is 3. The number of anilines is 1. The van der Waals surface area contributed by atoms with E-state index in [2.05, 4.69) is 15.4 Å². The highest BCUT2D eigenvalue weighted by atomic mass is 16.5. The highest BCUT2D eigenvalue weighted by Crippen LogP contribution is 2.27. The molecule has 0 bridgehead atoms. The number of carbonyl (C=O) groups excluding carboxylic acids is 1. The van der Waals surface area contributed by atoms with Crippen molar-refractivity contribution in [2.75, 3.05) is 12.4 Å². The fraction of sp³-hybridized carbons (Fsp3) is 0.467. The number of hydrogen-bond donors (Lipinski definition) is 1. The van der Waals surface area contributed by atoms with E-state index in [4.69, 9.17) is 9.15 Å². The zero-order valence-electron chi connectivity index (χ0n) is 12.8. The van der Waals surface area contributed by atoms with E-state index in [0.29, 0.717) is 6.04 Å². The minimum Gasteiger partial charge on any atom is -0.490 e. The van der Waals surface area contributed by atoms with E-state index in [1.54, 1.807) is 11.0 Å². The first kappa shape index (κ1) is 15.3. The molecule has 8 heteroatoms. The Balaban J connectivity index is 1.69. The van der Waals surface area contributed by atoms with E-state index >= 15 is 0 Å².